The van der Waals surface area contributed by atoms with Crippen LogP contribution >= 0.6 is 0 Å². The molecule has 0 aromatic heterocycles. The molecule has 0 aliphatic carbocycles. The summed E-state index contributed by atoms with van der Waals surface area (Å²) < 4.78 is 37.4. The Morgan fingerprint density at radius 2 is 1.95 bits per heavy atom. The van der Waals surface area contributed by atoms with Gasteiger partial charge in [0, 0.05) is 6.21 Å². The van der Waals surface area contributed by atoms with Crippen molar-refractivity contribution in [1.29, 1.82) is 0 Å². The van der Waals surface area contributed by atoms with Gasteiger partial charge in [-0.2, -0.15) is 13.2 Å². The second kappa shape index (κ2) is 5.69. The third-order valence-electron chi connectivity index (χ3n) is 2.29. The third kappa shape index (κ3) is 4.24. The molecule has 0 spiro atoms. The van der Waals surface area contributed by atoms with Gasteiger partial charge in [-0.3, -0.25) is 9.79 Å². The number of aliphatic hydroxyl groups excluding tert-OH is 1. The number of carbonyl (C=O) groups excluding carboxylic acids is 1. The maximum Gasteiger partial charge on any atom is 0.416 e. The third-order valence-corrected chi connectivity index (χ3v) is 2.29. The number of Topliss-reactive ketones (excluding diaryl/α,β-unsaturated/α-hetero) is 1. The molecule has 102 valence electrons. The lowest BCUT2D eigenvalue weighted by atomic mass is 10.1. The molecule has 0 bridgehead atoms. The predicted octanol–water partition coefficient (Wildman–Crippen LogP) is 3.83. The zero-order chi connectivity index (χ0) is 14.6. The van der Waals surface area contributed by atoms with Crippen molar-refractivity contribution in [3.8, 4) is 0 Å². The largest absolute Gasteiger partial charge is 0.512 e. The van der Waals surface area contributed by atoms with E-state index in [0.717, 1.165) is 18.3 Å². The van der Waals surface area contributed by atoms with E-state index in [1.807, 2.05) is 0 Å². The lowest BCUT2D eigenvalue weighted by Crippen LogP contribution is -2.04. The fourth-order valence-electron chi connectivity index (χ4n) is 1.34. The number of nitrogens with zero attached hydrogens (tertiary/aromatic N) is 1. The number of aliphatic imine (C=N–C) groups is 1. The van der Waals surface area contributed by atoms with Gasteiger partial charge >= 0.3 is 6.18 Å². The van der Waals surface area contributed by atoms with Crippen molar-refractivity contribution in [2.45, 2.75) is 20.0 Å². The quantitative estimate of drug-likeness (QED) is 0.516. The molecule has 0 amide bonds. The van der Waals surface area contributed by atoms with Crippen molar-refractivity contribution >= 4 is 17.7 Å². The van der Waals surface area contributed by atoms with Crippen LogP contribution in [0, 0.1) is 0 Å². The molecule has 3 nitrogen and oxygen atoms in total. The van der Waals surface area contributed by atoms with Crippen LogP contribution in [-0.2, 0) is 11.0 Å². The number of rotatable bonds is 3. The van der Waals surface area contributed by atoms with Crippen LogP contribution in [0.1, 0.15) is 19.4 Å². The minimum Gasteiger partial charge on any atom is -0.512 e. The molecular formula is C13H12F3NO2. The molecule has 0 saturated carbocycles. The molecule has 1 aromatic carbocycles. The maximum absolute atomic E-state index is 12.5. The molecule has 0 unspecified atom stereocenters. The van der Waals surface area contributed by atoms with Crippen LogP contribution in [0.5, 0.6) is 0 Å². The molecule has 0 aliphatic heterocycles. The topological polar surface area (TPSA) is 49.7 Å². The molecule has 0 fully saturated rings. The van der Waals surface area contributed by atoms with Crippen LogP contribution in [0.2, 0.25) is 0 Å². The van der Waals surface area contributed by atoms with E-state index in [9.17, 15) is 23.1 Å². The molecule has 6 heteroatoms. The van der Waals surface area contributed by atoms with E-state index in [2.05, 4.69) is 4.99 Å². The van der Waals surface area contributed by atoms with Gasteiger partial charge in [-0.05, 0) is 32.0 Å². The molecule has 0 saturated heterocycles. The first-order chi connectivity index (χ1) is 8.71. The van der Waals surface area contributed by atoms with Crippen LogP contribution in [0.25, 0.3) is 0 Å². The van der Waals surface area contributed by atoms with Gasteiger partial charge in [0.15, 0.2) is 5.78 Å². The van der Waals surface area contributed by atoms with Crippen LogP contribution in [0.3, 0.4) is 0 Å². The highest BCUT2D eigenvalue weighted by atomic mass is 19.4. The Morgan fingerprint density at radius 1 is 1.32 bits per heavy atom. The molecule has 1 N–H and O–H groups in total. The summed E-state index contributed by atoms with van der Waals surface area (Å²) >= 11 is 0. The van der Waals surface area contributed by atoms with Gasteiger partial charge in [0.25, 0.3) is 0 Å². The van der Waals surface area contributed by atoms with E-state index < -0.39 is 17.5 Å². The summed E-state index contributed by atoms with van der Waals surface area (Å²) in [5.41, 5.74) is -0.816. The highest BCUT2D eigenvalue weighted by Crippen LogP contribution is 2.31. The number of alkyl halides is 3. The van der Waals surface area contributed by atoms with Crippen molar-refractivity contribution in [2.75, 3.05) is 0 Å². The van der Waals surface area contributed by atoms with Crippen molar-refractivity contribution in [1.82, 2.24) is 0 Å². The summed E-state index contributed by atoms with van der Waals surface area (Å²) in [6.07, 6.45) is -3.40. The number of allylic oxidation sites excluding steroid dienone is 2. The first-order valence-electron chi connectivity index (χ1n) is 5.34. The SMILES string of the molecule is CC(=O)C(C=Nc1cccc(C(F)(F)F)c1)=C(C)O. The normalized spacial score (nSPS) is 13.5. The number of hydrogen-bond donors (Lipinski definition) is 1. The Morgan fingerprint density at radius 3 is 2.42 bits per heavy atom. The molecule has 0 radical (unpaired) electrons. The van der Waals surface area contributed by atoms with E-state index in [4.69, 9.17) is 0 Å². The van der Waals surface area contributed by atoms with Crippen LogP contribution in [-0.4, -0.2) is 17.1 Å². The van der Waals surface area contributed by atoms with E-state index >= 15 is 0 Å². The Kier molecular flexibility index (Phi) is 4.47. The number of halogens is 3. The van der Waals surface area contributed by atoms with Crippen molar-refractivity contribution in [3.05, 3.63) is 41.2 Å². The van der Waals surface area contributed by atoms with Gasteiger partial charge in [0.2, 0.25) is 0 Å². The van der Waals surface area contributed by atoms with Crippen LogP contribution in [0.4, 0.5) is 18.9 Å². The van der Waals surface area contributed by atoms with Gasteiger partial charge in [0.05, 0.1) is 16.8 Å². The number of aliphatic hydroxyl groups is 1. The number of hydrogen-bond acceptors (Lipinski definition) is 3. The lowest BCUT2D eigenvalue weighted by molar-refractivity contribution is -0.137. The first-order valence-corrected chi connectivity index (χ1v) is 5.34. The first kappa shape index (κ1) is 14.9. The Labute approximate surface area is 108 Å². The molecule has 0 heterocycles. The Hall–Kier alpha value is -2.11. The molecule has 19 heavy (non-hydrogen) atoms. The van der Waals surface area contributed by atoms with Crippen molar-refractivity contribution in [3.63, 3.8) is 0 Å². The molecular weight excluding hydrogens is 259 g/mol. The van der Waals surface area contributed by atoms with Crippen molar-refractivity contribution in [2.24, 2.45) is 4.99 Å². The second-order valence-electron chi connectivity index (χ2n) is 3.86. The maximum atomic E-state index is 12.5. The number of carbonyl (C=O) groups is 1. The smallest absolute Gasteiger partial charge is 0.416 e. The van der Waals surface area contributed by atoms with Gasteiger partial charge in [-0.25, -0.2) is 0 Å². The summed E-state index contributed by atoms with van der Waals surface area (Å²) in [7, 11) is 0. The summed E-state index contributed by atoms with van der Waals surface area (Å²) in [5.74, 6) is -0.654. The lowest BCUT2D eigenvalue weighted by Gasteiger charge is -2.06. The van der Waals surface area contributed by atoms with Gasteiger partial charge in [-0.15, -0.1) is 0 Å². The predicted molar refractivity (Wildman–Crippen MR) is 65.6 cm³/mol. The summed E-state index contributed by atoms with van der Waals surface area (Å²) in [4.78, 5) is 14.9. The van der Waals surface area contributed by atoms with E-state index in [1.54, 1.807) is 0 Å². The zero-order valence-corrected chi connectivity index (χ0v) is 10.3. The fraction of sp³-hybridized carbons (Fsp3) is 0.231. The average molecular weight is 271 g/mol. The summed E-state index contributed by atoms with van der Waals surface area (Å²) in [5, 5.41) is 9.23. The second-order valence-corrected chi connectivity index (χ2v) is 3.86. The molecule has 0 aliphatic rings. The zero-order valence-electron chi connectivity index (χ0n) is 10.3. The summed E-state index contributed by atoms with van der Waals surface area (Å²) in [6.45, 7) is 2.53. The van der Waals surface area contributed by atoms with Crippen molar-refractivity contribution < 1.29 is 23.1 Å². The van der Waals surface area contributed by atoms with Crippen LogP contribution in [0.15, 0.2) is 40.6 Å². The minimum atomic E-state index is -4.45. The number of ketones is 1. The van der Waals surface area contributed by atoms with Gasteiger partial charge in [-0.1, -0.05) is 6.07 Å². The molecule has 1 rings (SSSR count). The Balaban J connectivity index is 3.07. The highest BCUT2D eigenvalue weighted by Gasteiger charge is 2.30. The molecule has 0 atom stereocenters. The van der Waals surface area contributed by atoms with E-state index in [0.29, 0.717) is 0 Å². The monoisotopic (exact) mass is 271 g/mol. The highest BCUT2D eigenvalue weighted by molar-refractivity contribution is 6.12. The van der Waals surface area contributed by atoms with Gasteiger partial charge < -0.3 is 5.11 Å². The minimum absolute atomic E-state index is 0.0441. The average Bonchev–Trinajstić information content (AvgIpc) is 2.27. The van der Waals surface area contributed by atoms with Crippen LogP contribution < -0.4 is 0 Å². The molecule has 1 aromatic rings. The fourth-order valence-corrected chi connectivity index (χ4v) is 1.34. The standard InChI is InChI=1S/C13H12F3NO2/c1-8(18)12(9(2)19)7-17-11-5-3-4-10(6-11)13(14,15)16/h3-7,18H,1-2H3. The number of benzene rings is 1. The Bertz CT molecular complexity index is 541. The summed E-state index contributed by atoms with van der Waals surface area (Å²) in [6, 6.07) is 4.38. The van der Waals surface area contributed by atoms with E-state index in [1.165, 1.54) is 26.0 Å². The van der Waals surface area contributed by atoms with E-state index in [-0.39, 0.29) is 17.0 Å². The van der Waals surface area contributed by atoms with Gasteiger partial charge in [0.1, 0.15) is 5.76 Å².